The van der Waals surface area contributed by atoms with E-state index < -0.39 is 23.5 Å². The van der Waals surface area contributed by atoms with E-state index in [0.29, 0.717) is 28.3 Å². The van der Waals surface area contributed by atoms with Crippen LogP contribution in [0.3, 0.4) is 0 Å². The minimum atomic E-state index is -0.893. The van der Waals surface area contributed by atoms with Crippen molar-refractivity contribution in [1.82, 2.24) is 14.8 Å². The third kappa shape index (κ3) is 4.46. The maximum Gasteiger partial charge on any atom is 0.365 e. The van der Waals surface area contributed by atoms with Crippen LogP contribution in [0.15, 0.2) is 59.5 Å². The number of aromatic nitrogens is 3. The van der Waals surface area contributed by atoms with Gasteiger partial charge in [-0.05, 0) is 55.5 Å². The van der Waals surface area contributed by atoms with Gasteiger partial charge in [0.25, 0.3) is 0 Å². The second-order valence-corrected chi connectivity index (χ2v) is 6.20. The normalized spacial score (nSPS) is 11.5. The second kappa shape index (κ2) is 8.34. The number of amides is 2. The summed E-state index contributed by atoms with van der Waals surface area (Å²) in [6.45, 7) is 1.54. The molecule has 0 unspecified atom stereocenters. The van der Waals surface area contributed by atoms with Crippen LogP contribution in [0.5, 0.6) is 5.75 Å². The van der Waals surface area contributed by atoms with Gasteiger partial charge in [-0.25, -0.2) is 9.48 Å². The molecule has 1 aromatic heterocycles. The molecule has 0 aliphatic carbocycles. The first-order chi connectivity index (χ1) is 13.9. The van der Waals surface area contributed by atoms with Crippen molar-refractivity contribution in [3.8, 4) is 17.0 Å². The summed E-state index contributed by atoms with van der Waals surface area (Å²) >= 11 is 0. The molecule has 3 rings (SSSR count). The number of nitrogens with two attached hydrogens (primary N) is 1. The molecule has 29 heavy (non-hydrogen) atoms. The molecule has 9 nitrogen and oxygen atoms in total. The molecule has 0 aliphatic rings. The van der Waals surface area contributed by atoms with Gasteiger partial charge in [0.1, 0.15) is 11.8 Å². The Morgan fingerprint density at radius 1 is 1.10 bits per heavy atom. The fourth-order valence-corrected chi connectivity index (χ4v) is 2.59. The first-order valence-corrected chi connectivity index (χ1v) is 8.70. The lowest BCUT2D eigenvalue weighted by atomic mass is 10.1. The number of nitrogens with one attached hydrogen (secondary N) is 1. The predicted molar refractivity (Wildman–Crippen MR) is 107 cm³/mol. The Labute approximate surface area is 166 Å². The third-order valence-electron chi connectivity index (χ3n) is 4.29. The Morgan fingerprint density at radius 2 is 1.76 bits per heavy atom. The Hall–Kier alpha value is -4.01. The maximum atomic E-state index is 12.5. The van der Waals surface area contributed by atoms with E-state index in [9.17, 15) is 14.4 Å². The standard InChI is InChI=1S/C20H19N5O4/c1-12(19(27)23-15-7-3-14(4-8-15)18(21)26)25-20(28)24-17(11-22-25)13-5-9-16(29-2)10-6-13/h3-12H,1-2H3,(H2,21,26)(H,23,27)/t12-/m1/s1. The van der Waals surface area contributed by atoms with Gasteiger partial charge in [0.2, 0.25) is 11.8 Å². The molecule has 1 heterocycles. The van der Waals surface area contributed by atoms with E-state index in [1.165, 1.54) is 25.3 Å². The van der Waals surface area contributed by atoms with Crippen molar-refractivity contribution in [1.29, 1.82) is 0 Å². The summed E-state index contributed by atoms with van der Waals surface area (Å²) in [6, 6.07) is 12.2. The van der Waals surface area contributed by atoms with Crippen molar-refractivity contribution in [3.05, 3.63) is 70.8 Å². The van der Waals surface area contributed by atoms with Crippen LogP contribution in [0.25, 0.3) is 11.3 Å². The molecule has 0 radical (unpaired) electrons. The molecule has 0 aliphatic heterocycles. The summed E-state index contributed by atoms with van der Waals surface area (Å²) in [6.07, 6.45) is 1.43. The summed E-state index contributed by atoms with van der Waals surface area (Å²) in [5.74, 6) is -0.329. The molecule has 9 heteroatoms. The number of nitrogens with zero attached hydrogens (tertiary/aromatic N) is 3. The quantitative estimate of drug-likeness (QED) is 0.655. The van der Waals surface area contributed by atoms with Gasteiger partial charge in [-0.15, -0.1) is 0 Å². The number of ether oxygens (including phenoxy) is 1. The van der Waals surface area contributed by atoms with Crippen LogP contribution in [-0.4, -0.2) is 33.7 Å². The molecule has 2 aromatic carbocycles. The largest absolute Gasteiger partial charge is 0.497 e. The average molecular weight is 393 g/mol. The van der Waals surface area contributed by atoms with Gasteiger partial charge < -0.3 is 15.8 Å². The van der Waals surface area contributed by atoms with Gasteiger partial charge in [0.05, 0.1) is 19.0 Å². The van der Waals surface area contributed by atoms with Crippen LogP contribution >= 0.6 is 0 Å². The zero-order chi connectivity index (χ0) is 21.0. The van der Waals surface area contributed by atoms with Gasteiger partial charge in [0, 0.05) is 16.8 Å². The molecule has 1 atom stereocenters. The second-order valence-electron chi connectivity index (χ2n) is 6.20. The van der Waals surface area contributed by atoms with Gasteiger partial charge in [0.15, 0.2) is 0 Å². The predicted octanol–water partition coefficient (Wildman–Crippen LogP) is 1.61. The fourth-order valence-electron chi connectivity index (χ4n) is 2.59. The Morgan fingerprint density at radius 3 is 2.31 bits per heavy atom. The monoisotopic (exact) mass is 393 g/mol. The highest BCUT2D eigenvalue weighted by molar-refractivity contribution is 5.95. The highest BCUT2D eigenvalue weighted by Crippen LogP contribution is 2.19. The lowest BCUT2D eigenvalue weighted by Crippen LogP contribution is -2.34. The van der Waals surface area contributed by atoms with Crippen LogP contribution in [0.1, 0.15) is 23.3 Å². The zero-order valence-corrected chi connectivity index (χ0v) is 15.8. The molecule has 3 aromatic rings. The number of carbonyl (C=O) groups is 2. The summed E-state index contributed by atoms with van der Waals surface area (Å²) in [4.78, 5) is 40.0. The molecule has 148 valence electrons. The minimum Gasteiger partial charge on any atom is -0.497 e. The number of methoxy groups -OCH3 is 1. The molecule has 0 spiro atoms. The van der Waals surface area contributed by atoms with E-state index >= 15 is 0 Å². The van der Waals surface area contributed by atoms with Crippen molar-refractivity contribution in [3.63, 3.8) is 0 Å². The minimum absolute atomic E-state index is 0.326. The summed E-state index contributed by atoms with van der Waals surface area (Å²) in [7, 11) is 1.56. The molecule has 0 saturated carbocycles. The highest BCUT2D eigenvalue weighted by Gasteiger charge is 2.19. The van der Waals surface area contributed by atoms with E-state index in [-0.39, 0.29) is 0 Å². The molecule has 2 amide bonds. The number of carbonyl (C=O) groups excluding carboxylic acids is 2. The van der Waals surface area contributed by atoms with E-state index in [1.807, 2.05) is 0 Å². The van der Waals surface area contributed by atoms with Crippen molar-refractivity contribution >= 4 is 17.5 Å². The molecular formula is C20H19N5O4. The number of anilines is 1. The van der Waals surface area contributed by atoms with Crippen LogP contribution in [0, 0.1) is 0 Å². The smallest absolute Gasteiger partial charge is 0.365 e. The number of benzene rings is 2. The van der Waals surface area contributed by atoms with Gasteiger partial charge in [-0.3, -0.25) is 9.59 Å². The first-order valence-electron chi connectivity index (χ1n) is 8.70. The number of primary amides is 1. The van der Waals surface area contributed by atoms with Crippen LogP contribution in [0.2, 0.25) is 0 Å². The number of hydrogen-bond acceptors (Lipinski definition) is 6. The highest BCUT2D eigenvalue weighted by atomic mass is 16.5. The van der Waals surface area contributed by atoms with Crippen molar-refractivity contribution in [2.24, 2.45) is 5.73 Å². The van der Waals surface area contributed by atoms with Gasteiger partial charge in [-0.2, -0.15) is 10.1 Å². The van der Waals surface area contributed by atoms with Crippen LogP contribution in [0.4, 0.5) is 5.69 Å². The SMILES string of the molecule is COc1ccc(-c2cnn([C@H](C)C(=O)Nc3ccc(C(N)=O)cc3)c(=O)n2)cc1. The Bertz CT molecular complexity index is 1090. The van der Waals surface area contributed by atoms with E-state index in [2.05, 4.69) is 15.4 Å². The summed E-state index contributed by atoms with van der Waals surface area (Å²) in [5.41, 5.74) is 6.42. The van der Waals surface area contributed by atoms with E-state index in [4.69, 9.17) is 10.5 Å². The van der Waals surface area contributed by atoms with Crippen molar-refractivity contribution in [2.75, 3.05) is 12.4 Å². The summed E-state index contributed by atoms with van der Waals surface area (Å²) < 4.78 is 6.10. The number of rotatable bonds is 6. The Kier molecular flexibility index (Phi) is 5.68. The van der Waals surface area contributed by atoms with E-state index in [0.717, 1.165) is 4.68 Å². The van der Waals surface area contributed by atoms with Crippen LogP contribution in [-0.2, 0) is 4.79 Å². The number of hydrogen-bond donors (Lipinski definition) is 2. The molecular weight excluding hydrogens is 374 g/mol. The fraction of sp³-hybridized carbons (Fsp3) is 0.150. The molecule has 0 fully saturated rings. The molecule has 0 bridgehead atoms. The van der Waals surface area contributed by atoms with Crippen molar-refractivity contribution in [2.45, 2.75) is 13.0 Å². The van der Waals surface area contributed by atoms with E-state index in [1.54, 1.807) is 43.5 Å². The van der Waals surface area contributed by atoms with Gasteiger partial charge in [-0.1, -0.05) is 0 Å². The lowest BCUT2D eigenvalue weighted by Gasteiger charge is -2.14. The third-order valence-corrected chi connectivity index (χ3v) is 4.29. The maximum absolute atomic E-state index is 12.5. The van der Waals surface area contributed by atoms with Crippen LogP contribution < -0.4 is 21.5 Å². The molecule has 0 saturated heterocycles. The Balaban J connectivity index is 1.75. The van der Waals surface area contributed by atoms with Crippen molar-refractivity contribution < 1.29 is 14.3 Å². The van der Waals surface area contributed by atoms with Gasteiger partial charge >= 0.3 is 5.69 Å². The average Bonchev–Trinajstić information content (AvgIpc) is 2.73. The lowest BCUT2D eigenvalue weighted by molar-refractivity contribution is -0.119. The summed E-state index contributed by atoms with van der Waals surface area (Å²) in [5, 5.41) is 6.75. The molecule has 3 N–H and O–H groups in total. The zero-order valence-electron chi connectivity index (χ0n) is 15.8. The first kappa shape index (κ1) is 19.7. The topological polar surface area (TPSA) is 129 Å².